The van der Waals surface area contributed by atoms with Gasteiger partial charge in [-0.2, -0.15) is 4.73 Å². The SMILES string of the molecule is COc1cccc(COn2cccc(C(=O)Nc3cccc(SC)c3)c2=O)c1. The fraction of sp³-hybridized carbons (Fsp3) is 0.143. The highest BCUT2D eigenvalue weighted by molar-refractivity contribution is 7.98. The number of ether oxygens (including phenoxy) is 1. The number of hydrogen-bond acceptors (Lipinski definition) is 5. The molecule has 144 valence electrons. The minimum atomic E-state index is -0.524. The van der Waals surface area contributed by atoms with Gasteiger partial charge < -0.3 is 14.9 Å². The fourth-order valence-corrected chi connectivity index (χ4v) is 3.01. The third-order valence-corrected chi connectivity index (χ3v) is 4.72. The smallest absolute Gasteiger partial charge is 0.295 e. The van der Waals surface area contributed by atoms with Gasteiger partial charge in [-0.15, -0.1) is 11.8 Å². The molecule has 1 aromatic heterocycles. The molecule has 1 amide bonds. The van der Waals surface area contributed by atoms with E-state index in [9.17, 15) is 9.59 Å². The lowest BCUT2D eigenvalue weighted by atomic mass is 10.2. The molecule has 3 aromatic rings. The van der Waals surface area contributed by atoms with E-state index in [0.717, 1.165) is 15.2 Å². The standard InChI is InChI=1S/C21H20N2O4S/c1-26-17-8-3-6-15(12-17)14-27-23-11-5-10-19(21(23)25)20(24)22-16-7-4-9-18(13-16)28-2/h3-13H,14H2,1-2H3,(H,22,24). The molecule has 0 saturated carbocycles. The van der Waals surface area contributed by atoms with Gasteiger partial charge in [0, 0.05) is 16.8 Å². The quantitative estimate of drug-likeness (QED) is 0.620. The Morgan fingerprint density at radius 2 is 1.93 bits per heavy atom. The Bertz CT molecular complexity index is 1030. The summed E-state index contributed by atoms with van der Waals surface area (Å²) >= 11 is 1.57. The lowest BCUT2D eigenvalue weighted by Crippen LogP contribution is -2.32. The lowest BCUT2D eigenvalue weighted by molar-refractivity contribution is 0.0862. The number of aromatic nitrogens is 1. The largest absolute Gasteiger partial charge is 0.497 e. The van der Waals surface area contributed by atoms with Crippen LogP contribution in [0.4, 0.5) is 5.69 Å². The Labute approximate surface area is 167 Å². The maximum Gasteiger partial charge on any atom is 0.295 e. The van der Waals surface area contributed by atoms with Gasteiger partial charge in [-0.1, -0.05) is 18.2 Å². The van der Waals surface area contributed by atoms with E-state index in [-0.39, 0.29) is 12.2 Å². The third-order valence-electron chi connectivity index (χ3n) is 3.99. The predicted octanol–water partition coefficient (Wildman–Crippen LogP) is 3.46. The van der Waals surface area contributed by atoms with Crippen LogP contribution < -0.4 is 20.5 Å². The highest BCUT2D eigenvalue weighted by Crippen LogP contribution is 2.19. The van der Waals surface area contributed by atoms with Gasteiger partial charge in [-0.3, -0.25) is 9.59 Å². The van der Waals surface area contributed by atoms with Crippen molar-refractivity contribution in [1.82, 2.24) is 4.73 Å². The number of carbonyl (C=O) groups excluding carboxylic acids is 1. The summed E-state index contributed by atoms with van der Waals surface area (Å²) in [5.41, 5.74) is 0.950. The maximum absolute atomic E-state index is 12.6. The van der Waals surface area contributed by atoms with Crippen LogP contribution in [0.25, 0.3) is 0 Å². The second kappa shape index (κ2) is 9.14. The first-order chi connectivity index (χ1) is 13.6. The van der Waals surface area contributed by atoms with Crippen LogP contribution in [0.3, 0.4) is 0 Å². The lowest BCUT2D eigenvalue weighted by Gasteiger charge is -2.11. The molecule has 0 unspecified atom stereocenters. The molecular formula is C21H20N2O4S. The Balaban J connectivity index is 1.74. The van der Waals surface area contributed by atoms with Crippen molar-refractivity contribution in [3.63, 3.8) is 0 Å². The molecule has 1 N–H and O–H groups in total. The summed E-state index contributed by atoms with van der Waals surface area (Å²) in [5.74, 6) is 0.219. The Morgan fingerprint density at radius 3 is 2.71 bits per heavy atom. The monoisotopic (exact) mass is 396 g/mol. The summed E-state index contributed by atoms with van der Waals surface area (Å²) in [7, 11) is 1.58. The van der Waals surface area contributed by atoms with Crippen molar-refractivity contribution in [2.24, 2.45) is 0 Å². The molecule has 0 spiro atoms. The van der Waals surface area contributed by atoms with Crippen molar-refractivity contribution in [3.05, 3.63) is 88.3 Å². The molecule has 6 nitrogen and oxygen atoms in total. The summed E-state index contributed by atoms with van der Waals surface area (Å²) in [6.45, 7) is 0.165. The Hall–Kier alpha value is -3.19. The molecule has 0 atom stereocenters. The topological polar surface area (TPSA) is 69.6 Å². The zero-order valence-electron chi connectivity index (χ0n) is 15.5. The van der Waals surface area contributed by atoms with E-state index in [1.54, 1.807) is 31.0 Å². The molecule has 2 aromatic carbocycles. The van der Waals surface area contributed by atoms with Crippen LogP contribution in [-0.4, -0.2) is 24.0 Å². The normalized spacial score (nSPS) is 10.4. The minimum Gasteiger partial charge on any atom is -0.497 e. The van der Waals surface area contributed by atoms with E-state index in [1.165, 1.54) is 12.3 Å². The summed E-state index contributed by atoms with van der Waals surface area (Å²) in [6, 6.07) is 17.8. The average Bonchev–Trinajstić information content (AvgIpc) is 2.73. The van der Waals surface area contributed by atoms with E-state index >= 15 is 0 Å². The van der Waals surface area contributed by atoms with Crippen LogP contribution in [-0.2, 0) is 6.61 Å². The van der Waals surface area contributed by atoms with E-state index in [2.05, 4.69) is 5.32 Å². The number of anilines is 1. The first-order valence-electron chi connectivity index (χ1n) is 8.54. The Kier molecular flexibility index (Phi) is 6.39. The molecule has 0 aliphatic heterocycles. The van der Waals surface area contributed by atoms with Gasteiger partial charge in [0.15, 0.2) is 0 Å². The molecule has 0 radical (unpaired) electrons. The molecule has 3 rings (SSSR count). The van der Waals surface area contributed by atoms with Crippen molar-refractivity contribution < 1.29 is 14.4 Å². The van der Waals surface area contributed by atoms with Crippen molar-refractivity contribution in [2.75, 3.05) is 18.7 Å². The van der Waals surface area contributed by atoms with Gasteiger partial charge in [0.05, 0.1) is 7.11 Å². The molecule has 28 heavy (non-hydrogen) atoms. The summed E-state index contributed by atoms with van der Waals surface area (Å²) in [6.07, 6.45) is 3.43. The maximum atomic E-state index is 12.6. The number of benzene rings is 2. The van der Waals surface area contributed by atoms with E-state index in [1.807, 2.05) is 48.7 Å². The number of nitrogens with one attached hydrogen (secondary N) is 1. The molecule has 7 heteroatoms. The van der Waals surface area contributed by atoms with Gasteiger partial charge in [-0.25, -0.2) is 0 Å². The molecule has 0 fully saturated rings. The van der Waals surface area contributed by atoms with Crippen molar-refractivity contribution >= 4 is 23.4 Å². The van der Waals surface area contributed by atoms with Crippen molar-refractivity contribution in [3.8, 4) is 5.75 Å². The van der Waals surface area contributed by atoms with Crippen LogP contribution in [0, 0.1) is 0 Å². The van der Waals surface area contributed by atoms with Gasteiger partial charge in [0.1, 0.15) is 17.9 Å². The van der Waals surface area contributed by atoms with E-state index in [4.69, 9.17) is 9.57 Å². The number of methoxy groups -OCH3 is 1. The second-order valence-electron chi connectivity index (χ2n) is 5.86. The summed E-state index contributed by atoms with van der Waals surface area (Å²) in [5, 5.41) is 2.75. The molecule has 0 aliphatic carbocycles. The van der Waals surface area contributed by atoms with Gasteiger partial charge in [0.25, 0.3) is 11.5 Å². The minimum absolute atomic E-state index is 0.00250. The van der Waals surface area contributed by atoms with Crippen LogP contribution in [0.15, 0.2) is 76.6 Å². The van der Waals surface area contributed by atoms with Crippen LogP contribution in [0.2, 0.25) is 0 Å². The molecule has 0 bridgehead atoms. The number of hydrogen-bond donors (Lipinski definition) is 1. The number of carbonyl (C=O) groups is 1. The number of nitrogens with zero attached hydrogens (tertiary/aromatic N) is 1. The molecule has 0 saturated heterocycles. The molecular weight excluding hydrogens is 376 g/mol. The number of rotatable bonds is 7. The van der Waals surface area contributed by atoms with Gasteiger partial charge in [-0.05, 0) is 54.3 Å². The Morgan fingerprint density at radius 1 is 1.11 bits per heavy atom. The average molecular weight is 396 g/mol. The fourth-order valence-electron chi connectivity index (χ4n) is 2.56. The van der Waals surface area contributed by atoms with Crippen molar-refractivity contribution in [1.29, 1.82) is 0 Å². The first-order valence-corrected chi connectivity index (χ1v) is 9.76. The van der Waals surface area contributed by atoms with Crippen molar-refractivity contribution in [2.45, 2.75) is 11.5 Å². The summed E-state index contributed by atoms with van der Waals surface area (Å²) < 4.78 is 6.24. The predicted molar refractivity (Wildman–Crippen MR) is 110 cm³/mol. The summed E-state index contributed by atoms with van der Waals surface area (Å²) in [4.78, 5) is 31.7. The van der Waals surface area contributed by atoms with E-state index in [0.29, 0.717) is 11.4 Å². The molecule has 0 aliphatic rings. The molecule has 1 heterocycles. The van der Waals surface area contributed by atoms with Crippen LogP contribution >= 0.6 is 11.8 Å². The van der Waals surface area contributed by atoms with Crippen LogP contribution in [0.1, 0.15) is 15.9 Å². The number of amides is 1. The van der Waals surface area contributed by atoms with Gasteiger partial charge in [0.2, 0.25) is 0 Å². The zero-order chi connectivity index (χ0) is 19.9. The van der Waals surface area contributed by atoms with Gasteiger partial charge >= 0.3 is 0 Å². The number of thioether (sulfide) groups is 1. The number of pyridine rings is 1. The third kappa shape index (κ3) is 4.75. The van der Waals surface area contributed by atoms with E-state index < -0.39 is 11.5 Å². The highest BCUT2D eigenvalue weighted by Gasteiger charge is 2.13. The second-order valence-corrected chi connectivity index (χ2v) is 6.74. The first kappa shape index (κ1) is 19.6. The zero-order valence-corrected chi connectivity index (χ0v) is 16.4. The highest BCUT2D eigenvalue weighted by atomic mass is 32.2. The van der Waals surface area contributed by atoms with Crippen LogP contribution in [0.5, 0.6) is 5.75 Å².